The van der Waals surface area contributed by atoms with Crippen LogP contribution in [-0.2, 0) is 14.3 Å². The van der Waals surface area contributed by atoms with Crippen LogP contribution in [0.3, 0.4) is 0 Å². The molecule has 0 saturated heterocycles. The van der Waals surface area contributed by atoms with E-state index in [2.05, 4.69) is 55.6 Å². The van der Waals surface area contributed by atoms with Gasteiger partial charge in [-0.15, -0.1) is 0 Å². The second kappa shape index (κ2) is 70.6. The van der Waals surface area contributed by atoms with Gasteiger partial charge in [-0.3, -0.25) is 9.59 Å². The van der Waals surface area contributed by atoms with Crippen LogP contribution in [0.25, 0.3) is 0 Å². The molecule has 0 aliphatic carbocycles. The number of allylic oxidation sites excluding steroid dienone is 6. The molecule has 2 unspecified atom stereocenters. The molecular formula is C75H143NO5. The largest absolute Gasteiger partial charge is 0.466 e. The second-order valence-electron chi connectivity index (χ2n) is 25.3. The zero-order valence-electron chi connectivity index (χ0n) is 54.8. The maximum absolute atomic E-state index is 12.5. The Hall–Kier alpha value is -1.92. The van der Waals surface area contributed by atoms with Crippen molar-refractivity contribution >= 4 is 11.9 Å². The Kier molecular flexibility index (Phi) is 68.9. The fraction of sp³-hybridized carbons (Fsp3) is 0.893. The summed E-state index contributed by atoms with van der Waals surface area (Å²) in [7, 11) is 0. The lowest BCUT2D eigenvalue weighted by atomic mass is 10.0. The number of hydrogen-bond acceptors (Lipinski definition) is 5. The van der Waals surface area contributed by atoms with E-state index in [4.69, 9.17) is 4.74 Å². The summed E-state index contributed by atoms with van der Waals surface area (Å²) in [6.45, 7) is 4.98. The maximum atomic E-state index is 12.5. The summed E-state index contributed by atoms with van der Waals surface area (Å²) in [5, 5.41) is 23.4. The molecule has 81 heavy (non-hydrogen) atoms. The number of esters is 1. The molecule has 0 spiro atoms. The van der Waals surface area contributed by atoms with Crippen molar-refractivity contribution in [1.29, 1.82) is 0 Å². The lowest BCUT2D eigenvalue weighted by Gasteiger charge is -2.22. The molecule has 6 nitrogen and oxygen atoms in total. The lowest BCUT2D eigenvalue weighted by Crippen LogP contribution is -2.45. The summed E-state index contributed by atoms with van der Waals surface area (Å²) in [6.07, 6.45) is 90.5. The summed E-state index contributed by atoms with van der Waals surface area (Å²) in [6, 6.07) is -0.545. The van der Waals surface area contributed by atoms with E-state index in [1.54, 1.807) is 0 Å². The Morgan fingerprint density at radius 1 is 0.346 bits per heavy atom. The third-order valence-electron chi connectivity index (χ3n) is 17.2. The summed E-state index contributed by atoms with van der Waals surface area (Å²) >= 11 is 0. The van der Waals surface area contributed by atoms with Crippen LogP contribution in [0.15, 0.2) is 36.5 Å². The summed E-state index contributed by atoms with van der Waals surface area (Å²) in [4.78, 5) is 24.6. The van der Waals surface area contributed by atoms with Crippen LogP contribution >= 0.6 is 0 Å². The van der Waals surface area contributed by atoms with Crippen LogP contribution < -0.4 is 5.32 Å². The van der Waals surface area contributed by atoms with Crippen molar-refractivity contribution < 1.29 is 24.5 Å². The van der Waals surface area contributed by atoms with E-state index in [0.29, 0.717) is 25.9 Å². The van der Waals surface area contributed by atoms with Crippen molar-refractivity contribution in [2.45, 2.75) is 418 Å². The van der Waals surface area contributed by atoms with Crippen molar-refractivity contribution in [2.24, 2.45) is 0 Å². The number of nitrogens with one attached hydrogen (secondary N) is 1. The van der Waals surface area contributed by atoms with E-state index in [9.17, 15) is 19.8 Å². The van der Waals surface area contributed by atoms with Crippen LogP contribution in [0, 0.1) is 0 Å². The molecular weight excluding hydrogens is 995 g/mol. The minimum atomic E-state index is -0.668. The number of carbonyl (C=O) groups excluding carboxylic acids is 2. The molecule has 0 heterocycles. The fourth-order valence-electron chi connectivity index (χ4n) is 11.6. The average Bonchev–Trinajstić information content (AvgIpc) is 3.47. The SMILES string of the molecule is CCCCCCCC/C=C\CCCCCCCCCC(=O)OCCCCCCCCCCC/C=C\C/C=C\CCCCCCCCCCCCCC(=O)NC(CO)C(O)CCCCCCCCCCCCCCCCCCCCCC. The number of amides is 1. The van der Waals surface area contributed by atoms with E-state index >= 15 is 0 Å². The predicted octanol–water partition coefficient (Wildman–Crippen LogP) is 23.9. The van der Waals surface area contributed by atoms with Gasteiger partial charge < -0.3 is 20.3 Å². The van der Waals surface area contributed by atoms with E-state index in [1.165, 1.54) is 321 Å². The van der Waals surface area contributed by atoms with Crippen molar-refractivity contribution in [3.8, 4) is 0 Å². The third kappa shape index (κ3) is 67.1. The molecule has 0 saturated carbocycles. The lowest BCUT2D eigenvalue weighted by molar-refractivity contribution is -0.143. The molecule has 6 heteroatoms. The first-order chi connectivity index (χ1) is 40.0. The highest BCUT2D eigenvalue weighted by molar-refractivity contribution is 5.76. The van der Waals surface area contributed by atoms with Crippen LogP contribution in [0.2, 0.25) is 0 Å². The van der Waals surface area contributed by atoms with Crippen molar-refractivity contribution in [3.05, 3.63) is 36.5 Å². The Balaban J connectivity index is 3.41. The summed E-state index contributed by atoms with van der Waals surface area (Å²) < 4.78 is 5.50. The molecule has 0 aromatic rings. The van der Waals surface area contributed by atoms with E-state index in [0.717, 1.165) is 51.4 Å². The van der Waals surface area contributed by atoms with Gasteiger partial charge in [-0.05, 0) is 83.5 Å². The Morgan fingerprint density at radius 3 is 0.951 bits per heavy atom. The first-order valence-corrected chi connectivity index (χ1v) is 36.7. The minimum Gasteiger partial charge on any atom is -0.466 e. The van der Waals surface area contributed by atoms with Crippen molar-refractivity contribution in [1.82, 2.24) is 5.32 Å². The van der Waals surface area contributed by atoms with E-state index < -0.39 is 12.1 Å². The molecule has 2 atom stereocenters. The highest BCUT2D eigenvalue weighted by atomic mass is 16.5. The number of aliphatic hydroxyl groups excluding tert-OH is 2. The highest BCUT2D eigenvalue weighted by Gasteiger charge is 2.20. The van der Waals surface area contributed by atoms with Gasteiger partial charge >= 0.3 is 5.97 Å². The first-order valence-electron chi connectivity index (χ1n) is 36.7. The highest BCUT2D eigenvalue weighted by Crippen LogP contribution is 2.19. The summed E-state index contributed by atoms with van der Waals surface area (Å²) in [5.74, 6) is -0.0263. The van der Waals surface area contributed by atoms with Gasteiger partial charge in [0.05, 0.1) is 25.4 Å². The number of carbonyl (C=O) groups is 2. The quantitative estimate of drug-likeness (QED) is 0.0320. The Bertz CT molecular complexity index is 1310. The number of aliphatic hydroxyl groups is 2. The van der Waals surface area contributed by atoms with Crippen LogP contribution in [0.5, 0.6) is 0 Å². The second-order valence-corrected chi connectivity index (χ2v) is 25.3. The molecule has 0 fully saturated rings. The number of ether oxygens (including phenoxy) is 1. The minimum absolute atomic E-state index is 0.00798. The van der Waals surface area contributed by atoms with Gasteiger partial charge in [-0.1, -0.05) is 346 Å². The third-order valence-corrected chi connectivity index (χ3v) is 17.2. The molecule has 0 aromatic carbocycles. The molecule has 0 aromatic heterocycles. The first kappa shape index (κ1) is 79.1. The topological polar surface area (TPSA) is 95.9 Å². The smallest absolute Gasteiger partial charge is 0.305 e. The molecule has 478 valence electrons. The Labute approximate surface area is 506 Å². The van der Waals surface area contributed by atoms with E-state index in [-0.39, 0.29) is 18.5 Å². The molecule has 0 rings (SSSR count). The Morgan fingerprint density at radius 2 is 0.617 bits per heavy atom. The molecule has 0 bridgehead atoms. The monoisotopic (exact) mass is 1140 g/mol. The van der Waals surface area contributed by atoms with Crippen LogP contribution in [0.1, 0.15) is 406 Å². The number of unbranched alkanes of at least 4 members (excludes halogenated alkanes) is 52. The van der Waals surface area contributed by atoms with Gasteiger partial charge in [0.1, 0.15) is 0 Å². The molecule has 0 aliphatic rings. The van der Waals surface area contributed by atoms with Crippen molar-refractivity contribution in [3.63, 3.8) is 0 Å². The number of hydrogen-bond donors (Lipinski definition) is 3. The summed E-state index contributed by atoms with van der Waals surface area (Å²) in [5.41, 5.74) is 0. The molecule has 1 amide bonds. The normalized spacial score (nSPS) is 12.7. The van der Waals surface area contributed by atoms with Gasteiger partial charge in [0.15, 0.2) is 0 Å². The predicted molar refractivity (Wildman–Crippen MR) is 356 cm³/mol. The van der Waals surface area contributed by atoms with E-state index in [1.807, 2.05) is 0 Å². The van der Waals surface area contributed by atoms with Gasteiger partial charge in [0.25, 0.3) is 0 Å². The van der Waals surface area contributed by atoms with Gasteiger partial charge in [0.2, 0.25) is 5.91 Å². The van der Waals surface area contributed by atoms with Crippen molar-refractivity contribution in [2.75, 3.05) is 13.2 Å². The molecule has 0 radical (unpaired) electrons. The van der Waals surface area contributed by atoms with Crippen LogP contribution in [0.4, 0.5) is 0 Å². The zero-order chi connectivity index (χ0) is 58.5. The average molecular weight is 1140 g/mol. The number of rotatable bonds is 69. The standard InChI is InChI=1S/C75H143NO5/c1-3-5-7-9-11-13-15-17-19-21-22-32-36-39-43-47-51-55-59-63-67-73(78)72(71-77)76-74(79)68-64-60-56-52-48-44-40-37-33-30-28-26-24-23-25-27-29-31-34-38-42-46-50-54-58-62-66-70-81-75(80)69-65-61-57-53-49-45-41-35-20-18-16-14-12-10-8-6-4-2/h18,20,23-24,27,29,72-73,77-78H,3-17,19,21-22,25-26,28,30-71H2,1-2H3,(H,76,79)/b20-18-,24-23-,29-27-. The maximum Gasteiger partial charge on any atom is 0.305 e. The van der Waals surface area contributed by atoms with Crippen LogP contribution in [-0.4, -0.2) is 47.4 Å². The fourth-order valence-corrected chi connectivity index (χ4v) is 11.6. The molecule has 3 N–H and O–H groups in total. The van der Waals surface area contributed by atoms with Gasteiger partial charge in [0, 0.05) is 12.8 Å². The zero-order valence-corrected chi connectivity index (χ0v) is 54.8. The van der Waals surface area contributed by atoms with Gasteiger partial charge in [-0.2, -0.15) is 0 Å². The van der Waals surface area contributed by atoms with Gasteiger partial charge in [-0.25, -0.2) is 0 Å². The molecule has 0 aliphatic heterocycles.